The fourth-order valence-corrected chi connectivity index (χ4v) is 3.65. The van der Waals surface area contributed by atoms with E-state index < -0.39 is 12.1 Å². The Kier molecular flexibility index (Phi) is 6.47. The molecule has 5 nitrogen and oxygen atoms in total. The van der Waals surface area contributed by atoms with Gasteiger partial charge in [-0.05, 0) is 68.4 Å². The zero-order valence-corrected chi connectivity index (χ0v) is 17.2. The second kappa shape index (κ2) is 9.03. The van der Waals surface area contributed by atoms with E-state index in [1.54, 1.807) is 0 Å². The van der Waals surface area contributed by atoms with Crippen molar-refractivity contribution >= 4 is 23.3 Å². The molecule has 0 aliphatic heterocycles. The van der Waals surface area contributed by atoms with Crippen molar-refractivity contribution < 1.29 is 19.1 Å². The van der Waals surface area contributed by atoms with Crippen molar-refractivity contribution in [2.75, 3.05) is 5.32 Å². The Labute approximate surface area is 171 Å². The van der Waals surface area contributed by atoms with Crippen LogP contribution < -0.4 is 5.32 Å². The number of hydrogen-bond acceptors (Lipinski definition) is 4. The largest absolute Gasteiger partial charge is 0.453 e. The highest BCUT2D eigenvalue weighted by Gasteiger charge is 2.20. The molecule has 1 aliphatic rings. The van der Waals surface area contributed by atoms with Crippen LogP contribution in [-0.4, -0.2) is 23.8 Å². The smallest absolute Gasteiger partial charge is 0.307 e. The molecule has 0 saturated carbocycles. The van der Waals surface area contributed by atoms with Gasteiger partial charge in [-0.15, -0.1) is 0 Å². The average Bonchev–Trinajstić information content (AvgIpc) is 3.16. The van der Waals surface area contributed by atoms with Crippen molar-refractivity contribution in [2.24, 2.45) is 0 Å². The van der Waals surface area contributed by atoms with Crippen molar-refractivity contribution in [3.05, 3.63) is 64.2 Å². The molecule has 152 valence electrons. The van der Waals surface area contributed by atoms with E-state index in [1.807, 2.05) is 50.2 Å². The second-order valence-corrected chi connectivity index (χ2v) is 7.65. The van der Waals surface area contributed by atoms with Gasteiger partial charge in [0.2, 0.25) is 0 Å². The summed E-state index contributed by atoms with van der Waals surface area (Å²) in [5.41, 5.74) is 5.79. The first-order chi connectivity index (χ1) is 13.8. The summed E-state index contributed by atoms with van der Waals surface area (Å²) in [5.74, 6) is -1.02. The summed E-state index contributed by atoms with van der Waals surface area (Å²) >= 11 is 0. The van der Waals surface area contributed by atoms with Gasteiger partial charge in [0.15, 0.2) is 11.9 Å². The SMILES string of the molecule is Cc1cccc(C)c1NC(=O)[C@H](C)OC(=O)CCC(=O)c1ccc2c(c1)CCC2. The third-order valence-electron chi connectivity index (χ3n) is 5.38. The van der Waals surface area contributed by atoms with Crippen molar-refractivity contribution in [3.63, 3.8) is 0 Å². The Morgan fingerprint density at radius 3 is 2.41 bits per heavy atom. The Morgan fingerprint density at radius 1 is 1.00 bits per heavy atom. The van der Waals surface area contributed by atoms with Crippen LogP contribution in [0.5, 0.6) is 0 Å². The van der Waals surface area contributed by atoms with Gasteiger partial charge in [-0.2, -0.15) is 0 Å². The molecule has 1 atom stereocenters. The highest BCUT2D eigenvalue weighted by atomic mass is 16.5. The maximum absolute atomic E-state index is 12.4. The average molecular weight is 393 g/mol. The maximum Gasteiger partial charge on any atom is 0.307 e. The van der Waals surface area contributed by atoms with Crippen molar-refractivity contribution in [3.8, 4) is 0 Å². The van der Waals surface area contributed by atoms with Gasteiger partial charge in [-0.3, -0.25) is 14.4 Å². The molecule has 1 aliphatic carbocycles. The molecule has 1 amide bonds. The normalized spacial score (nSPS) is 13.5. The zero-order chi connectivity index (χ0) is 21.0. The Hall–Kier alpha value is -2.95. The number of fused-ring (bicyclic) bond motifs is 1. The predicted octanol–water partition coefficient (Wildman–Crippen LogP) is 4.33. The number of rotatable bonds is 7. The lowest BCUT2D eigenvalue weighted by molar-refractivity contribution is -0.153. The zero-order valence-electron chi connectivity index (χ0n) is 17.2. The molecule has 0 radical (unpaired) electrons. The number of ether oxygens (including phenoxy) is 1. The van der Waals surface area contributed by atoms with Gasteiger partial charge in [-0.25, -0.2) is 0 Å². The molecule has 1 N–H and O–H groups in total. The number of benzene rings is 2. The minimum Gasteiger partial charge on any atom is -0.453 e. The van der Waals surface area contributed by atoms with Crippen LogP contribution in [0.15, 0.2) is 36.4 Å². The number of hydrogen-bond donors (Lipinski definition) is 1. The van der Waals surface area contributed by atoms with Gasteiger partial charge < -0.3 is 10.1 Å². The Morgan fingerprint density at radius 2 is 1.69 bits per heavy atom. The molecule has 2 aromatic carbocycles. The number of amides is 1. The number of ketones is 1. The number of esters is 1. The quantitative estimate of drug-likeness (QED) is 0.561. The highest BCUT2D eigenvalue weighted by molar-refractivity contribution is 5.99. The van der Waals surface area contributed by atoms with Crippen LogP contribution in [0.2, 0.25) is 0 Å². The third-order valence-corrected chi connectivity index (χ3v) is 5.38. The van der Waals surface area contributed by atoms with Gasteiger partial charge in [0.25, 0.3) is 5.91 Å². The summed E-state index contributed by atoms with van der Waals surface area (Å²) < 4.78 is 5.22. The van der Waals surface area contributed by atoms with Crippen LogP contribution in [0.25, 0.3) is 0 Å². The van der Waals surface area contributed by atoms with Gasteiger partial charge >= 0.3 is 5.97 Å². The van der Waals surface area contributed by atoms with E-state index in [2.05, 4.69) is 5.32 Å². The van der Waals surface area contributed by atoms with E-state index in [0.29, 0.717) is 5.56 Å². The molecule has 0 aromatic heterocycles. The molecule has 0 spiro atoms. The van der Waals surface area contributed by atoms with Crippen molar-refractivity contribution in [1.29, 1.82) is 0 Å². The van der Waals surface area contributed by atoms with E-state index in [-0.39, 0.29) is 24.5 Å². The number of carbonyl (C=O) groups is 3. The highest BCUT2D eigenvalue weighted by Crippen LogP contribution is 2.24. The standard InChI is InChI=1S/C24H27NO4/c1-15-6-4-7-16(2)23(15)25-24(28)17(3)29-22(27)13-12-21(26)20-11-10-18-8-5-9-19(18)14-20/h4,6-7,10-11,14,17H,5,8-9,12-13H2,1-3H3,(H,25,28)/t17-/m0/s1. The molecular weight excluding hydrogens is 366 g/mol. The molecule has 3 rings (SSSR count). The van der Waals surface area contributed by atoms with Crippen LogP contribution in [0.4, 0.5) is 5.69 Å². The van der Waals surface area contributed by atoms with Crippen LogP contribution >= 0.6 is 0 Å². The lowest BCUT2D eigenvalue weighted by Crippen LogP contribution is -2.30. The molecule has 0 bridgehead atoms. The Bertz CT molecular complexity index is 928. The first kappa shape index (κ1) is 20.8. The molecular formula is C24H27NO4. The Balaban J connectivity index is 1.49. The lowest BCUT2D eigenvalue weighted by atomic mass is 10.0. The summed E-state index contributed by atoms with van der Waals surface area (Å²) in [5, 5.41) is 2.82. The fraction of sp³-hybridized carbons (Fsp3) is 0.375. The van der Waals surface area contributed by atoms with E-state index in [1.165, 1.54) is 18.1 Å². The molecule has 0 unspecified atom stereocenters. The van der Waals surface area contributed by atoms with Crippen molar-refractivity contribution in [1.82, 2.24) is 0 Å². The number of para-hydroxylation sites is 1. The van der Waals surface area contributed by atoms with Crippen molar-refractivity contribution in [2.45, 2.75) is 59.0 Å². The number of Topliss-reactive ketones (excluding diaryl/α,β-unsaturated/α-hetero) is 1. The monoisotopic (exact) mass is 393 g/mol. The molecule has 0 heterocycles. The van der Waals surface area contributed by atoms with Gasteiger partial charge in [0.05, 0.1) is 6.42 Å². The first-order valence-corrected chi connectivity index (χ1v) is 10.1. The lowest BCUT2D eigenvalue weighted by Gasteiger charge is -2.16. The summed E-state index contributed by atoms with van der Waals surface area (Å²) in [4.78, 5) is 36.9. The van der Waals surface area contributed by atoms with E-state index in [4.69, 9.17) is 4.74 Å². The second-order valence-electron chi connectivity index (χ2n) is 7.65. The third kappa shape index (κ3) is 5.11. The number of anilines is 1. The predicted molar refractivity (Wildman–Crippen MR) is 112 cm³/mol. The number of nitrogens with one attached hydrogen (secondary N) is 1. The molecule has 0 saturated heterocycles. The van der Waals surface area contributed by atoms with Gasteiger partial charge in [0, 0.05) is 17.7 Å². The fourth-order valence-electron chi connectivity index (χ4n) is 3.65. The molecule has 29 heavy (non-hydrogen) atoms. The molecule has 2 aromatic rings. The topological polar surface area (TPSA) is 72.5 Å². The van der Waals surface area contributed by atoms with E-state index >= 15 is 0 Å². The number of aryl methyl sites for hydroxylation is 4. The summed E-state index contributed by atoms with van der Waals surface area (Å²) in [7, 11) is 0. The van der Waals surface area contributed by atoms with E-state index in [0.717, 1.165) is 36.1 Å². The van der Waals surface area contributed by atoms with Crippen LogP contribution in [-0.2, 0) is 27.2 Å². The van der Waals surface area contributed by atoms with Crippen LogP contribution in [0.3, 0.4) is 0 Å². The maximum atomic E-state index is 12.4. The van der Waals surface area contributed by atoms with Gasteiger partial charge in [-0.1, -0.05) is 30.3 Å². The van der Waals surface area contributed by atoms with Crippen LogP contribution in [0.1, 0.15) is 58.8 Å². The summed E-state index contributed by atoms with van der Waals surface area (Å²) in [6.07, 6.45) is 2.29. The minimum absolute atomic E-state index is 0.0447. The molecule has 5 heteroatoms. The first-order valence-electron chi connectivity index (χ1n) is 10.1. The summed E-state index contributed by atoms with van der Waals surface area (Å²) in [6.45, 7) is 5.34. The van der Waals surface area contributed by atoms with Gasteiger partial charge in [0.1, 0.15) is 0 Å². The van der Waals surface area contributed by atoms with Crippen LogP contribution in [0, 0.1) is 13.8 Å². The minimum atomic E-state index is -0.934. The molecule has 0 fully saturated rings. The number of carbonyl (C=O) groups excluding carboxylic acids is 3. The summed E-state index contributed by atoms with van der Waals surface area (Å²) in [6, 6.07) is 11.5. The van der Waals surface area contributed by atoms with E-state index in [9.17, 15) is 14.4 Å².